The van der Waals surface area contributed by atoms with Crippen LogP contribution in [0.25, 0.3) is 6.08 Å². The Kier molecular flexibility index (Phi) is 9.03. The number of para-hydroxylation sites is 1. The molecule has 1 fully saturated rings. The summed E-state index contributed by atoms with van der Waals surface area (Å²) in [5, 5.41) is 9.60. The summed E-state index contributed by atoms with van der Waals surface area (Å²) in [6.45, 7) is 2.19. The number of halogens is 1. The number of amides is 1. The number of hydrogen-bond donors (Lipinski definition) is 1. The van der Waals surface area contributed by atoms with E-state index in [0.717, 1.165) is 11.3 Å². The summed E-state index contributed by atoms with van der Waals surface area (Å²) < 4.78 is 11.6. The van der Waals surface area contributed by atoms with Crippen LogP contribution in [0.15, 0.2) is 87.2 Å². The highest BCUT2D eigenvalue weighted by Gasteiger charge is 2.33. The average molecular weight is 581 g/mol. The summed E-state index contributed by atoms with van der Waals surface area (Å²) in [4.78, 5) is 31.5. The van der Waals surface area contributed by atoms with E-state index in [4.69, 9.17) is 19.6 Å². The van der Waals surface area contributed by atoms with Crippen molar-refractivity contribution in [3.63, 3.8) is 0 Å². The van der Waals surface area contributed by atoms with Crippen LogP contribution in [0.3, 0.4) is 0 Å². The molecule has 3 aromatic rings. The molecule has 1 heterocycles. The summed E-state index contributed by atoms with van der Waals surface area (Å²) >= 11 is 4.77. The van der Waals surface area contributed by atoms with Gasteiger partial charge in [0.25, 0.3) is 5.91 Å². The third-order valence-electron chi connectivity index (χ3n) is 5.31. The molecule has 0 unspecified atom stereocenters. The van der Waals surface area contributed by atoms with Crippen molar-refractivity contribution in [1.29, 1.82) is 0 Å². The van der Waals surface area contributed by atoms with Gasteiger partial charge in [-0.3, -0.25) is 9.69 Å². The second kappa shape index (κ2) is 12.6. The third kappa shape index (κ3) is 7.02. The standard InChI is InChI=1S/C28H25BrN2O5S/c1-2-35-23-16-20(15-22(29)26(23)36-18-25(32)33)17-24-27(34)31(14-13-19-9-5-3-6-10-19)28(37-24)30-21-11-7-4-8-12-21/h3-12,15-17H,2,13-14,18H2,1H3,(H,32,33)/b24-17+,30-28?. The Morgan fingerprint density at radius 1 is 1.08 bits per heavy atom. The average Bonchev–Trinajstić information content (AvgIpc) is 3.17. The number of ether oxygens (including phenoxy) is 2. The number of carboxylic acid groups (broad SMARTS) is 1. The number of carboxylic acids is 1. The molecule has 0 radical (unpaired) electrons. The molecule has 0 aliphatic carbocycles. The first kappa shape index (κ1) is 26.5. The first-order chi connectivity index (χ1) is 17.9. The molecule has 7 nitrogen and oxygen atoms in total. The van der Waals surface area contributed by atoms with Crippen LogP contribution in [0.5, 0.6) is 11.5 Å². The van der Waals surface area contributed by atoms with Crippen LogP contribution in [-0.2, 0) is 16.0 Å². The highest BCUT2D eigenvalue weighted by atomic mass is 79.9. The molecule has 4 rings (SSSR count). The van der Waals surface area contributed by atoms with Crippen molar-refractivity contribution in [3.05, 3.63) is 93.3 Å². The molecule has 1 aliphatic rings. The molecule has 0 aromatic heterocycles. The molecule has 1 amide bonds. The van der Waals surface area contributed by atoms with E-state index in [1.54, 1.807) is 23.1 Å². The van der Waals surface area contributed by atoms with E-state index in [-0.39, 0.29) is 5.91 Å². The summed E-state index contributed by atoms with van der Waals surface area (Å²) in [5.41, 5.74) is 2.61. The van der Waals surface area contributed by atoms with E-state index in [2.05, 4.69) is 15.9 Å². The van der Waals surface area contributed by atoms with Gasteiger partial charge in [0.05, 0.1) is 21.7 Å². The van der Waals surface area contributed by atoms with Gasteiger partial charge in [-0.2, -0.15) is 0 Å². The number of amidine groups is 1. The Balaban J connectivity index is 1.65. The van der Waals surface area contributed by atoms with E-state index >= 15 is 0 Å². The number of thioether (sulfide) groups is 1. The summed E-state index contributed by atoms with van der Waals surface area (Å²) in [6.07, 6.45) is 2.48. The van der Waals surface area contributed by atoms with Crippen LogP contribution in [0, 0.1) is 0 Å². The van der Waals surface area contributed by atoms with E-state index in [1.807, 2.05) is 67.6 Å². The summed E-state index contributed by atoms with van der Waals surface area (Å²) in [7, 11) is 0. The minimum absolute atomic E-state index is 0.129. The van der Waals surface area contributed by atoms with Crippen LogP contribution in [0.1, 0.15) is 18.1 Å². The van der Waals surface area contributed by atoms with Crippen molar-refractivity contribution < 1.29 is 24.2 Å². The van der Waals surface area contributed by atoms with E-state index in [9.17, 15) is 9.59 Å². The number of hydrogen-bond acceptors (Lipinski definition) is 6. The maximum absolute atomic E-state index is 13.5. The molecule has 37 heavy (non-hydrogen) atoms. The topological polar surface area (TPSA) is 88.4 Å². The van der Waals surface area contributed by atoms with E-state index in [0.29, 0.717) is 51.2 Å². The van der Waals surface area contributed by atoms with E-state index in [1.165, 1.54) is 11.8 Å². The van der Waals surface area contributed by atoms with Gasteiger partial charge >= 0.3 is 5.97 Å². The molecule has 9 heteroatoms. The Morgan fingerprint density at radius 2 is 1.78 bits per heavy atom. The SMILES string of the molecule is CCOc1cc(/C=C2/SC(=Nc3ccccc3)N(CCc3ccccc3)C2=O)cc(Br)c1OCC(=O)O. The largest absolute Gasteiger partial charge is 0.490 e. The van der Waals surface area contributed by atoms with Crippen molar-refractivity contribution in [2.45, 2.75) is 13.3 Å². The zero-order valence-corrected chi connectivity index (χ0v) is 22.5. The maximum Gasteiger partial charge on any atom is 0.341 e. The lowest BCUT2D eigenvalue weighted by atomic mass is 10.1. The highest BCUT2D eigenvalue weighted by Crippen LogP contribution is 2.40. The zero-order chi connectivity index (χ0) is 26.2. The molecule has 0 atom stereocenters. The summed E-state index contributed by atoms with van der Waals surface area (Å²) in [5.74, 6) is -0.530. The molecule has 1 aliphatic heterocycles. The fraction of sp³-hybridized carbons (Fsp3) is 0.179. The third-order valence-corrected chi connectivity index (χ3v) is 6.90. The van der Waals surface area contributed by atoms with Crippen molar-refractivity contribution in [1.82, 2.24) is 4.90 Å². The molecule has 0 spiro atoms. The molecule has 0 saturated carbocycles. The second-order valence-corrected chi connectivity index (χ2v) is 9.84. The molecule has 3 aromatic carbocycles. The molecule has 0 bridgehead atoms. The maximum atomic E-state index is 13.5. The lowest BCUT2D eigenvalue weighted by molar-refractivity contribution is -0.139. The monoisotopic (exact) mass is 580 g/mol. The Labute approximate surface area is 227 Å². The van der Waals surface area contributed by atoms with Crippen molar-refractivity contribution in [2.75, 3.05) is 19.8 Å². The molecule has 1 saturated heterocycles. The number of benzene rings is 3. The van der Waals surface area contributed by atoms with Gasteiger partial charge in [0, 0.05) is 6.54 Å². The fourth-order valence-electron chi connectivity index (χ4n) is 3.65. The van der Waals surface area contributed by atoms with Gasteiger partial charge in [0.15, 0.2) is 23.3 Å². The molecular formula is C28H25BrN2O5S. The molecule has 1 N–H and O–H groups in total. The van der Waals surface area contributed by atoms with Crippen LogP contribution >= 0.6 is 27.7 Å². The number of aliphatic imine (C=N–C) groups is 1. The number of rotatable bonds is 10. The number of carbonyl (C=O) groups excluding carboxylic acids is 1. The highest BCUT2D eigenvalue weighted by molar-refractivity contribution is 9.10. The lowest BCUT2D eigenvalue weighted by Gasteiger charge is -2.15. The Bertz CT molecular complexity index is 1330. The van der Waals surface area contributed by atoms with Crippen molar-refractivity contribution in [3.8, 4) is 11.5 Å². The van der Waals surface area contributed by atoms with Crippen molar-refractivity contribution in [2.24, 2.45) is 4.99 Å². The predicted octanol–water partition coefficient (Wildman–Crippen LogP) is 6.16. The fourth-order valence-corrected chi connectivity index (χ4v) is 5.25. The second-order valence-electron chi connectivity index (χ2n) is 7.98. The Morgan fingerprint density at radius 3 is 2.46 bits per heavy atom. The minimum atomic E-state index is -1.09. The van der Waals surface area contributed by atoms with Crippen LogP contribution in [-0.4, -0.2) is 46.8 Å². The van der Waals surface area contributed by atoms with Crippen LogP contribution in [0.4, 0.5) is 5.69 Å². The van der Waals surface area contributed by atoms with E-state index < -0.39 is 12.6 Å². The first-order valence-electron chi connectivity index (χ1n) is 11.6. The van der Waals surface area contributed by atoms with Crippen molar-refractivity contribution >= 4 is 56.5 Å². The van der Waals surface area contributed by atoms with Gasteiger partial charge in [-0.15, -0.1) is 0 Å². The first-order valence-corrected chi connectivity index (χ1v) is 13.3. The van der Waals surface area contributed by atoms with Gasteiger partial charge in [0.2, 0.25) is 0 Å². The van der Waals surface area contributed by atoms with Gasteiger partial charge in [0.1, 0.15) is 0 Å². The summed E-state index contributed by atoms with van der Waals surface area (Å²) in [6, 6.07) is 23.1. The quantitative estimate of drug-likeness (QED) is 0.289. The smallest absolute Gasteiger partial charge is 0.341 e. The number of aliphatic carboxylic acids is 1. The number of carbonyl (C=O) groups is 2. The molecular weight excluding hydrogens is 556 g/mol. The zero-order valence-electron chi connectivity index (χ0n) is 20.1. The lowest BCUT2D eigenvalue weighted by Crippen LogP contribution is -2.31. The van der Waals surface area contributed by atoms with Gasteiger partial charge < -0.3 is 14.6 Å². The van der Waals surface area contributed by atoms with Gasteiger partial charge in [-0.1, -0.05) is 48.5 Å². The van der Waals surface area contributed by atoms with Gasteiger partial charge in [-0.25, -0.2) is 9.79 Å². The predicted molar refractivity (Wildman–Crippen MR) is 149 cm³/mol. The van der Waals surface area contributed by atoms with Gasteiger partial charge in [-0.05, 0) is 82.5 Å². The van der Waals surface area contributed by atoms with Crippen LogP contribution < -0.4 is 9.47 Å². The van der Waals surface area contributed by atoms with Crippen LogP contribution in [0.2, 0.25) is 0 Å². The minimum Gasteiger partial charge on any atom is -0.490 e. The Hall–Kier alpha value is -3.56. The normalized spacial score (nSPS) is 15.4. The molecule has 190 valence electrons. The number of nitrogens with zero attached hydrogens (tertiary/aromatic N) is 2.